The van der Waals surface area contributed by atoms with Crippen molar-refractivity contribution in [3.63, 3.8) is 0 Å². The molecule has 0 aliphatic heterocycles. The van der Waals surface area contributed by atoms with Crippen molar-refractivity contribution in [2.75, 3.05) is 0 Å². The quantitative estimate of drug-likeness (QED) is 0.399. The summed E-state index contributed by atoms with van der Waals surface area (Å²) >= 11 is 0. The summed E-state index contributed by atoms with van der Waals surface area (Å²) in [6.07, 6.45) is 5.50. The molecule has 0 heteroatoms. The van der Waals surface area contributed by atoms with E-state index in [2.05, 4.69) is 74.5 Å². The summed E-state index contributed by atoms with van der Waals surface area (Å²) in [5, 5.41) is 0. The molecule has 0 saturated heterocycles. The third-order valence-electron chi connectivity index (χ3n) is 3.12. The van der Waals surface area contributed by atoms with E-state index in [-0.39, 0.29) is 7.43 Å². The van der Waals surface area contributed by atoms with Gasteiger partial charge in [-0.1, -0.05) is 151 Å². The van der Waals surface area contributed by atoms with E-state index in [1.54, 1.807) is 0 Å². The summed E-state index contributed by atoms with van der Waals surface area (Å²) in [6.45, 7) is 28.2. The summed E-state index contributed by atoms with van der Waals surface area (Å²) < 4.78 is 0. The van der Waals surface area contributed by atoms with Gasteiger partial charge in [0.05, 0.1) is 0 Å². The number of allylic oxidation sites excluding steroid dienone is 1. The Morgan fingerprint density at radius 2 is 0.833 bits per heavy atom. The molecule has 0 spiro atoms. The summed E-state index contributed by atoms with van der Waals surface area (Å²) in [4.78, 5) is 0. The van der Waals surface area contributed by atoms with Crippen molar-refractivity contribution in [2.45, 2.75) is 111 Å². The van der Waals surface area contributed by atoms with Gasteiger partial charge in [0.15, 0.2) is 0 Å². The lowest BCUT2D eigenvalue weighted by Crippen LogP contribution is -1.76. The molecule has 1 aliphatic carbocycles. The van der Waals surface area contributed by atoms with Crippen LogP contribution in [0, 0.1) is 13.8 Å². The topological polar surface area (TPSA) is 0 Å². The molecule has 0 saturated carbocycles. The lowest BCUT2D eigenvalue weighted by Gasteiger charge is -1.93. The molecule has 0 radical (unpaired) electrons. The molecule has 0 heterocycles. The number of rotatable bonds is 0. The van der Waals surface area contributed by atoms with Gasteiger partial charge < -0.3 is 0 Å². The van der Waals surface area contributed by atoms with Crippen LogP contribution in [0.2, 0.25) is 0 Å². The van der Waals surface area contributed by atoms with E-state index in [0.29, 0.717) is 0 Å². The van der Waals surface area contributed by atoms with E-state index < -0.39 is 0 Å². The molecule has 0 N–H and O–H groups in total. The van der Waals surface area contributed by atoms with Gasteiger partial charge >= 0.3 is 0 Å². The van der Waals surface area contributed by atoms with Gasteiger partial charge in [-0.15, -0.1) is 0 Å². The Kier molecular flexibility index (Phi) is 58.6. The van der Waals surface area contributed by atoms with Gasteiger partial charge in [-0.05, 0) is 42.5 Å². The molecule has 0 amide bonds. The van der Waals surface area contributed by atoms with Crippen molar-refractivity contribution in [1.82, 2.24) is 0 Å². The van der Waals surface area contributed by atoms with E-state index in [0.717, 1.165) is 6.42 Å². The van der Waals surface area contributed by atoms with Crippen LogP contribution in [0.4, 0.5) is 0 Å². The Hall–Kier alpha value is -1.82. The molecule has 0 atom stereocenters. The maximum atomic E-state index is 2.20. The van der Waals surface area contributed by atoms with Crippen LogP contribution < -0.4 is 0 Å². The third-order valence-corrected chi connectivity index (χ3v) is 3.12. The average molecular weight is 419 g/mol. The number of fused-ring (bicyclic) bond motifs is 1. The summed E-state index contributed by atoms with van der Waals surface area (Å²) in [6, 6.07) is 16.9. The van der Waals surface area contributed by atoms with Gasteiger partial charge in [0.2, 0.25) is 0 Å². The van der Waals surface area contributed by atoms with Crippen LogP contribution in [0.25, 0.3) is 6.08 Å². The van der Waals surface area contributed by atoms with Crippen LogP contribution in [0.3, 0.4) is 0 Å². The number of hydrogen-bond donors (Lipinski definition) is 0. The first kappa shape index (κ1) is 42.3. The smallest absolute Gasteiger partial charge is 0.00882 e. The van der Waals surface area contributed by atoms with Crippen molar-refractivity contribution in [3.05, 3.63) is 76.9 Å². The van der Waals surface area contributed by atoms with Gasteiger partial charge in [-0.2, -0.15) is 0 Å². The molecule has 1 aliphatic rings. The van der Waals surface area contributed by atoms with Gasteiger partial charge in [-0.3, -0.25) is 0 Å². The van der Waals surface area contributed by atoms with Crippen LogP contribution in [0.1, 0.15) is 113 Å². The van der Waals surface area contributed by atoms with E-state index in [1.165, 1.54) is 22.3 Å². The van der Waals surface area contributed by atoms with Crippen LogP contribution >= 0.6 is 0 Å². The SMILES string of the molecule is C.C1=Cc2ccccc2C1.CC.CC.CC.CC.CC.CC.Cc1ccccc1C. The third kappa shape index (κ3) is 24.2. The zero-order valence-corrected chi connectivity index (χ0v) is 22.5. The highest BCUT2D eigenvalue weighted by atomic mass is 14.0. The van der Waals surface area contributed by atoms with Gasteiger partial charge in [0.25, 0.3) is 0 Å². The first-order chi connectivity index (χ1) is 14.3. The van der Waals surface area contributed by atoms with Crippen LogP contribution in [0.5, 0.6) is 0 Å². The predicted octanol–water partition coefficient (Wildman–Crippen LogP) is 11.4. The van der Waals surface area contributed by atoms with Crippen molar-refractivity contribution >= 4 is 6.08 Å². The van der Waals surface area contributed by atoms with Crippen molar-refractivity contribution in [3.8, 4) is 0 Å². The summed E-state index contributed by atoms with van der Waals surface area (Å²) in [7, 11) is 0. The minimum atomic E-state index is 0. The Bertz CT molecular complexity index is 500. The van der Waals surface area contributed by atoms with E-state index in [9.17, 15) is 0 Å². The summed E-state index contributed by atoms with van der Waals surface area (Å²) in [5.41, 5.74) is 5.58. The maximum absolute atomic E-state index is 2.20. The van der Waals surface area contributed by atoms with Crippen LogP contribution in [0.15, 0.2) is 54.6 Å². The molecular formula is C30H58. The minimum Gasteiger partial charge on any atom is -0.0795 e. The molecule has 3 rings (SSSR count). The second-order valence-electron chi connectivity index (χ2n) is 4.39. The standard InChI is InChI=1S/C9H8.C8H10.6C2H6.CH4/c1-2-5-9-7-3-6-8(9)4-1;1-7-5-3-4-6-8(7)2;6*1-2;/h1-6H,7H2;3-6H,1-2H3;6*1-2H3;1H4. The molecule has 2 aromatic rings. The first-order valence-corrected chi connectivity index (χ1v) is 12.0. The Morgan fingerprint density at radius 3 is 1.17 bits per heavy atom. The molecule has 0 nitrogen and oxygen atoms in total. The monoisotopic (exact) mass is 418 g/mol. The van der Waals surface area contributed by atoms with Crippen LogP contribution in [-0.4, -0.2) is 0 Å². The Labute approximate surface area is 193 Å². The number of hydrogen-bond acceptors (Lipinski definition) is 0. The normalized spacial score (nSPS) is 7.80. The number of benzene rings is 2. The fraction of sp³-hybridized carbons (Fsp3) is 0.533. The second kappa shape index (κ2) is 41.5. The van der Waals surface area contributed by atoms with Gasteiger partial charge in [0, 0.05) is 0 Å². The van der Waals surface area contributed by atoms with E-state index in [1.807, 2.05) is 83.1 Å². The zero-order chi connectivity index (χ0) is 24.1. The molecule has 178 valence electrons. The van der Waals surface area contributed by atoms with E-state index in [4.69, 9.17) is 0 Å². The lowest BCUT2D eigenvalue weighted by molar-refractivity contribution is 1.31. The predicted molar refractivity (Wildman–Crippen MR) is 150 cm³/mol. The summed E-state index contributed by atoms with van der Waals surface area (Å²) in [5.74, 6) is 0. The van der Waals surface area contributed by atoms with Crippen LogP contribution in [-0.2, 0) is 6.42 Å². The molecule has 0 aromatic heterocycles. The minimum absolute atomic E-state index is 0. The second-order valence-corrected chi connectivity index (χ2v) is 4.39. The largest absolute Gasteiger partial charge is 0.0795 e. The van der Waals surface area contributed by atoms with Gasteiger partial charge in [0.1, 0.15) is 0 Å². The molecule has 0 bridgehead atoms. The zero-order valence-electron chi connectivity index (χ0n) is 22.5. The Balaban J connectivity index is -0.0000000632. The average Bonchev–Trinajstić information content (AvgIpc) is 3.33. The fourth-order valence-corrected chi connectivity index (χ4v) is 1.86. The Morgan fingerprint density at radius 1 is 0.500 bits per heavy atom. The molecule has 2 aromatic carbocycles. The highest BCUT2D eigenvalue weighted by Crippen LogP contribution is 2.17. The lowest BCUT2D eigenvalue weighted by atomic mass is 10.1. The highest BCUT2D eigenvalue weighted by Gasteiger charge is 2.00. The van der Waals surface area contributed by atoms with Crippen molar-refractivity contribution < 1.29 is 0 Å². The van der Waals surface area contributed by atoms with Crippen molar-refractivity contribution in [2.24, 2.45) is 0 Å². The molecule has 0 fully saturated rings. The fourth-order valence-electron chi connectivity index (χ4n) is 1.86. The molecular weight excluding hydrogens is 360 g/mol. The molecule has 30 heavy (non-hydrogen) atoms. The molecule has 0 unspecified atom stereocenters. The van der Waals surface area contributed by atoms with Gasteiger partial charge in [-0.25, -0.2) is 0 Å². The first-order valence-electron chi connectivity index (χ1n) is 12.0. The maximum Gasteiger partial charge on any atom is -0.00882 e. The van der Waals surface area contributed by atoms with E-state index >= 15 is 0 Å². The highest BCUT2D eigenvalue weighted by molar-refractivity contribution is 5.59. The number of aryl methyl sites for hydroxylation is 2. The van der Waals surface area contributed by atoms with Crippen molar-refractivity contribution in [1.29, 1.82) is 0 Å².